The minimum atomic E-state index is 0.643. The molecule has 1 nitrogen and oxygen atoms in total. The van der Waals surface area contributed by atoms with E-state index in [0.717, 1.165) is 0 Å². The summed E-state index contributed by atoms with van der Waals surface area (Å²) in [6.07, 6.45) is 5.91. The average Bonchev–Trinajstić information content (AvgIpc) is 1.90. The first-order chi connectivity index (χ1) is 3.93. The van der Waals surface area contributed by atoms with Gasteiger partial charge in [-0.15, -0.1) is 0 Å². The lowest BCUT2D eigenvalue weighted by Gasteiger charge is -2.11. The molecule has 0 aromatic heterocycles. The molecular formula is C6H10IN. The molecule has 46 valence electrons. The van der Waals surface area contributed by atoms with Gasteiger partial charge >= 0.3 is 0 Å². The van der Waals surface area contributed by atoms with Crippen molar-refractivity contribution >= 4 is 28.8 Å². The summed E-state index contributed by atoms with van der Waals surface area (Å²) in [6, 6.07) is 0.643. The monoisotopic (exact) mass is 223 g/mol. The molecule has 0 bridgehead atoms. The van der Waals surface area contributed by atoms with Crippen molar-refractivity contribution in [3.05, 3.63) is 0 Å². The van der Waals surface area contributed by atoms with Crippen LogP contribution in [0.1, 0.15) is 19.3 Å². The maximum atomic E-state index is 4.32. The summed E-state index contributed by atoms with van der Waals surface area (Å²) in [5, 5.41) is 0. The molecule has 1 atom stereocenters. The molecule has 2 heteroatoms. The maximum Gasteiger partial charge on any atom is 0.0585 e. The first kappa shape index (κ1) is 6.52. The van der Waals surface area contributed by atoms with Crippen LogP contribution >= 0.6 is 22.6 Å². The van der Waals surface area contributed by atoms with E-state index in [1.54, 1.807) is 0 Å². The second kappa shape index (κ2) is 3.43. The Balaban J connectivity index is 2.32. The van der Waals surface area contributed by atoms with Crippen molar-refractivity contribution in [3.63, 3.8) is 0 Å². The normalized spacial score (nSPS) is 28.4. The van der Waals surface area contributed by atoms with Crippen LogP contribution in [0.3, 0.4) is 0 Å². The van der Waals surface area contributed by atoms with E-state index < -0.39 is 0 Å². The molecule has 0 spiro atoms. The maximum absolute atomic E-state index is 4.32. The lowest BCUT2D eigenvalue weighted by atomic mass is 10.1. The molecule has 0 radical (unpaired) electrons. The molecule has 0 fully saturated rings. The smallest absolute Gasteiger partial charge is 0.0585 e. The molecule has 1 rings (SSSR count). The predicted molar refractivity (Wildman–Crippen MR) is 45.0 cm³/mol. The highest BCUT2D eigenvalue weighted by atomic mass is 127. The third-order valence-corrected chi connectivity index (χ3v) is 2.38. The van der Waals surface area contributed by atoms with Crippen molar-refractivity contribution < 1.29 is 0 Å². The van der Waals surface area contributed by atoms with E-state index in [1.165, 1.54) is 23.7 Å². The number of halogens is 1. The van der Waals surface area contributed by atoms with Crippen LogP contribution in [0.2, 0.25) is 0 Å². The van der Waals surface area contributed by atoms with Crippen LogP contribution in [-0.4, -0.2) is 16.7 Å². The van der Waals surface area contributed by atoms with Gasteiger partial charge < -0.3 is 0 Å². The highest BCUT2D eigenvalue weighted by Gasteiger charge is 2.05. The SMILES string of the molecule is ICC1CCCC=N1. The van der Waals surface area contributed by atoms with E-state index in [4.69, 9.17) is 0 Å². The predicted octanol–water partition coefficient (Wildman–Crippen LogP) is 2.04. The fourth-order valence-electron chi connectivity index (χ4n) is 0.860. The average molecular weight is 223 g/mol. The van der Waals surface area contributed by atoms with Crippen LogP contribution < -0.4 is 0 Å². The van der Waals surface area contributed by atoms with Gasteiger partial charge in [-0.3, -0.25) is 4.99 Å². The van der Waals surface area contributed by atoms with E-state index in [0.29, 0.717) is 6.04 Å². The van der Waals surface area contributed by atoms with Crippen molar-refractivity contribution in [1.29, 1.82) is 0 Å². The van der Waals surface area contributed by atoms with Gasteiger partial charge in [0.05, 0.1) is 6.04 Å². The van der Waals surface area contributed by atoms with Crippen molar-refractivity contribution in [2.24, 2.45) is 4.99 Å². The lowest BCUT2D eigenvalue weighted by molar-refractivity contribution is 0.630. The molecular weight excluding hydrogens is 213 g/mol. The summed E-state index contributed by atoms with van der Waals surface area (Å²) in [6.45, 7) is 0. The highest BCUT2D eigenvalue weighted by molar-refractivity contribution is 14.1. The summed E-state index contributed by atoms with van der Waals surface area (Å²) in [5.41, 5.74) is 0. The fourth-order valence-corrected chi connectivity index (χ4v) is 1.53. The van der Waals surface area contributed by atoms with Gasteiger partial charge in [0.15, 0.2) is 0 Å². The Morgan fingerprint density at radius 1 is 1.75 bits per heavy atom. The van der Waals surface area contributed by atoms with Crippen molar-refractivity contribution in [1.82, 2.24) is 0 Å². The third-order valence-electron chi connectivity index (χ3n) is 1.36. The molecule has 1 unspecified atom stereocenters. The van der Waals surface area contributed by atoms with Gasteiger partial charge in [-0.2, -0.15) is 0 Å². The number of alkyl halides is 1. The van der Waals surface area contributed by atoms with Crippen LogP contribution in [0.4, 0.5) is 0 Å². The Bertz CT molecular complexity index is 90.5. The standard InChI is InChI=1S/C6H10IN/c7-5-6-3-1-2-4-8-6/h4,6H,1-3,5H2. The topological polar surface area (TPSA) is 12.4 Å². The second-order valence-corrected chi connectivity index (χ2v) is 2.95. The zero-order valence-corrected chi connectivity index (χ0v) is 6.97. The number of hydrogen-bond donors (Lipinski definition) is 0. The third kappa shape index (κ3) is 1.73. The van der Waals surface area contributed by atoms with Gasteiger partial charge in [-0.05, 0) is 25.5 Å². The molecule has 1 aliphatic heterocycles. The van der Waals surface area contributed by atoms with E-state index in [9.17, 15) is 0 Å². The van der Waals surface area contributed by atoms with Crippen LogP contribution in [0, 0.1) is 0 Å². The number of rotatable bonds is 1. The molecule has 8 heavy (non-hydrogen) atoms. The van der Waals surface area contributed by atoms with Crippen molar-refractivity contribution in [2.45, 2.75) is 25.3 Å². The van der Waals surface area contributed by atoms with Gasteiger partial charge in [-0.25, -0.2) is 0 Å². The Morgan fingerprint density at radius 3 is 3.00 bits per heavy atom. The van der Waals surface area contributed by atoms with Gasteiger partial charge in [0, 0.05) is 4.43 Å². The Hall–Kier alpha value is 0.400. The molecule has 1 aliphatic rings. The zero-order valence-electron chi connectivity index (χ0n) is 4.81. The summed E-state index contributed by atoms with van der Waals surface area (Å²) in [5.74, 6) is 0. The Kier molecular flexibility index (Phi) is 2.80. The van der Waals surface area contributed by atoms with Gasteiger partial charge in [-0.1, -0.05) is 22.6 Å². The first-order valence-corrected chi connectivity index (χ1v) is 4.53. The zero-order chi connectivity index (χ0) is 5.82. The van der Waals surface area contributed by atoms with Crippen LogP contribution in [0.5, 0.6) is 0 Å². The fraction of sp³-hybridized carbons (Fsp3) is 0.833. The molecule has 0 amide bonds. The summed E-state index contributed by atoms with van der Waals surface area (Å²) >= 11 is 2.39. The van der Waals surface area contributed by atoms with Crippen LogP contribution in [0.25, 0.3) is 0 Å². The summed E-state index contributed by atoms with van der Waals surface area (Å²) in [7, 11) is 0. The Labute approximate surface area is 63.7 Å². The number of nitrogens with zero attached hydrogens (tertiary/aromatic N) is 1. The summed E-state index contributed by atoms with van der Waals surface area (Å²) < 4.78 is 1.19. The molecule has 0 saturated carbocycles. The minimum absolute atomic E-state index is 0.643. The van der Waals surface area contributed by atoms with E-state index in [-0.39, 0.29) is 0 Å². The second-order valence-electron chi connectivity index (χ2n) is 2.07. The summed E-state index contributed by atoms with van der Waals surface area (Å²) in [4.78, 5) is 4.32. The lowest BCUT2D eigenvalue weighted by Crippen LogP contribution is -2.09. The molecule has 0 saturated heterocycles. The largest absolute Gasteiger partial charge is 0.293 e. The van der Waals surface area contributed by atoms with E-state index >= 15 is 0 Å². The van der Waals surface area contributed by atoms with Gasteiger partial charge in [0.2, 0.25) is 0 Å². The highest BCUT2D eigenvalue weighted by Crippen LogP contribution is 2.10. The van der Waals surface area contributed by atoms with Gasteiger partial charge in [0.25, 0.3) is 0 Å². The quantitative estimate of drug-likeness (QED) is 0.476. The van der Waals surface area contributed by atoms with Crippen LogP contribution in [-0.2, 0) is 0 Å². The van der Waals surface area contributed by atoms with Crippen LogP contribution in [0.15, 0.2) is 4.99 Å². The van der Waals surface area contributed by atoms with Crippen molar-refractivity contribution in [2.75, 3.05) is 4.43 Å². The van der Waals surface area contributed by atoms with Gasteiger partial charge in [0.1, 0.15) is 0 Å². The van der Waals surface area contributed by atoms with E-state index in [1.807, 2.05) is 0 Å². The molecule has 0 aromatic rings. The molecule has 1 heterocycles. The molecule has 0 aliphatic carbocycles. The number of hydrogen-bond acceptors (Lipinski definition) is 1. The first-order valence-electron chi connectivity index (χ1n) is 3.01. The molecule has 0 aromatic carbocycles. The number of aliphatic imine (C=N–C) groups is 1. The Morgan fingerprint density at radius 2 is 2.62 bits per heavy atom. The minimum Gasteiger partial charge on any atom is -0.293 e. The molecule has 0 N–H and O–H groups in total. The van der Waals surface area contributed by atoms with E-state index in [2.05, 4.69) is 33.8 Å². The van der Waals surface area contributed by atoms with Crippen molar-refractivity contribution in [3.8, 4) is 0 Å².